The first-order valence-electron chi connectivity index (χ1n) is 4.09. The Balaban J connectivity index is 4.11. The van der Waals surface area contributed by atoms with Crippen LogP contribution in [-0.2, 0) is 14.3 Å². The van der Waals surface area contributed by atoms with Gasteiger partial charge in [-0.2, -0.15) is 0 Å². The number of carboxylic acids is 1. The summed E-state index contributed by atoms with van der Waals surface area (Å²) >= 11 is 0. The van der Waals surface area contributed by atoms with Crippen LogP contribution >= 0.6 is 0 Å². The molecule has 0 aliphatic heterocycles. The SMILES string of the molecule is COCC(C)(C)NC(=O)/C=C/C(=O)O. The van der Waals surface area contributed by atoms with Crippen LogP contribution in [0.3, 0.4) is 0 Å². The number of hydrogen-bond acceptors (Lipinski definition) is 3. The third kappa shape index (κ3) is 6.19. The summed E-state index contributed by atoms with van der Waals surface area (Å²) in [4.78, 5) is 21.2. The van der Waals surface area contributed by atoms with E-state index >= 15 is 0 Å². The standard InChI is InChI=1S/C9H15NO4/c1-9(2,6-14-3)10-7(11)4-5-8(12)13/h4-5H,6H2,1-3H3,(H,10,11)(H,12,13)/b5-4+. The number of rotatable bonds is 5. The summed E-state index contributed by atoms with van der Waals surface area (Å²) in [5.74, 6) is -1.60. The van der Waals surface area contributed by atoms with Crippen molar-refractivity contribution in [3.8, 4) is 0 Å². The molecular weight excluding hydrogens is 186 g/mol. The summed E-state index contributed by atoms with van der Waals surface area (Å²) in [6.07, 6.45) is 1.76. The van der Waals surface area contributed by atoms with Gasteiger partial charge in [0.15, 0.2) is 0 Å². The molecule has 0 aliphatic carbocycles. The zero-order chi connectivity index (χ0) is 11.2. The molecular formula is C9H15NO4. The van der Waals surface area contributed by atoms with Crippen molar-refractivity contribution in [3.63, 3.8) is 0 Å². The van der Waals surface area contributed by atoms with Crippen molar-refractivity contribution in [1.29, 1.82) is 0 Å². The van der Waals surface area contributed by atoms with E-state index in [9.17, 15) is 9.59 Å². The number of carbonyl (C=O) groups excluding carboxylic acids is 1. The molecule has 80 valence electrons. The Morgan fingerprint density at radius 3 is 2.43 bits per heavy atom. The summed E-state index contributed by atoms with van der Waals surface area (Å²) in [5, 5.41) is 10.9. The van der Waals surface area contributed by atoms with E-state index in [1.165, 1.54) is 7.11 Å². The summed E-state index contributed by atoms with van der Waals surface area (Å²) in [5.41, 5.74) is -0.505. The normalized spacial score (nSPS) is 11.6. The zero-order valence-corrected chi connectivity index (χ0v) is 8.53. The predicted octanol–water partition coefficient (Wildman–Crippen LogP) is 0.168. The van der Waals surface area contributed by atoms with Crippen molar-refractivity contribution >= 4 is 11.9 Å². The van der Waals surface area contributed by atoms with Crippen LogP contribution in [0, 0.1) is 0 Å². The molecule has 0 bridgehead atoms. The molecule has 0 atom stereocenters. The van der Waals surface area contributed by atoms with Crippen LogP contribution in [0.2, 0.25) is 0 Å². The van der Waals surface area contributed by atoms with Crippen LogP contribution in [0.5, 0.6) is 0 Å². The summed E-state index contributed by atoms with van der Waals surface area (Å²) < 4.78 is 4.88. The minimum Gasteiger partial charge on any atom is -0.478 e. The third-order valence-electron chi connectivity index (χ3n) is 1.34. The van der Waals surface area contributed by atoms with Gasteiger partial charge >= 0.3 is 5.97 Å². The van der Waals surface area contributed by atoms with Gasteiger partial charge in [-0.3, -0.25) is 4.79 Å². The minimum absolute atomic E-state index is 0.361. The van der Waals surface area contributed by atoms with Crippen molar-refractivity contribution < 1.29 is 19.4 Å². The molecule has 5 heteroatoms. The molecule has 0 radical (unpaired) electrons. The van der Waals surface area contributed by atoms with E-state index in [0.717, 1.165) is 12.2 Å². The number of carbonyl (C=O) groups is 2. The van der Waals surface area contributed by atoms with Crippen molar-refractivity contribution in [2.24, 2.45) is 0 Å². The number of aliphatic carboxylic acids is 1. The number of methoxy groups -OCH3 is 1. The fourth-order valence-electron chi connectivity index (χ4n) is 0.919. The largest absolute Gasteiger partial charge is 0.478 e. The monoisotopic (exact) mass is 201 g/mol. The van der Waals surface area contributed by atoms with Gasteiger partial charge in [0.25, 0.3) is 0 Å². The van der Waals surface area contributed by atoms with E-state index in [1.54, 1.807) is 13.8 Å². The lowest BCUT2D eigenvalue weighted by molar-refractivity contribution is -0.131. The van der Waals surface area contributed by atoms with E-state index in [0.29, 0.717) is 6.61 Å². The Morgan fingerprint density at radius 1 is 1.43 bits per heavy atom. The van der Waals surface area contributed by atoms with Gasteiger partial charge in [-0.15, -0.1) is 0 Å². The molecule has 0 saturated heterocycles. The van der Waals surface area contributed by atoms with Gasteiger partial charge in [0, 0.05) is 19.3 Å². The Labute approximate surface area is 82.7 Å². The van der Waals surface area contributed by atoms with Crippen LogP contribution in [-0.4, -0.2) is 36.2 Å². The average Bonchev–Trinajstić information content (AvgIpc) is 1.99. The lowest BCUT2D eigenvalue weighted by atomic mass is 10.1. The molecule has 0 saturated carbocycles. The van der Waals surface area contributed by atoms with Gasteiger partial charge in [-0.25, -0.2) is 4.79 Å². The molecule has 0 rings (SSSR count). The van der Waals surface area contributed by atoms with E-state index in [4.69, 9.17) is 9.84 Å². The highest BCUT2D eigenvalue weighted by molar-refractivity contribution is 5.94. The van der Waals surface area contributed by atoms with Crippen molar-refractivity contribution in [2.45, 2.75) is 19.4 Å². The molecule has 0 fully saturated rings. The highest BCUT2D eigenvalue weighted by Gasteiger charge is 2.18. The van der Waals surface area contributed by atoms with Gasteiger partial charge < -0.3 is 15.2 Å². The number of carboxylic acid groups (broad SMARTS) is 1. The van der Waals surface area contributed by atoms with Crippen LogP contribution in [0.25, 0.3) is 0 Å². The topological polar surface area (TPSA) is 75.6 Å². The first kappa shape index (κ1) is 12.6. The fraction of sp³-hybridized carbons (Fsp3) is 0.556. The van der Waals surface area contributed by atoms with Crippen LogP contribution < -0.4 is 5.32 Å². The van der Waals surface area contributed by atoms with Crippen LogP contribution in [0.1, 0.15) is 13.8 Å². The highest BCUT2D eigenvalue weighted by Crippen LogP contribution is 2.01. The van der Waals surface area contributed by atoms with Gasteiger partial charge in [-0.05, 0) is 13.8 Å². The van der Waals surface area contributed by atoms with Crippen LogP contribution in [0.15, 0.2) is 12.2 Å². The smallest absolute Gasteiger partial charge is 0.328 e. The Bertz CT molecular complexity index is 245. The number of ether oxygens (including phenoxy) is 1. The molecule has 0 heterocycles. The number of nitrogens with one attached hydrogen (secondary N) is 1. The molecule has 0 aromatic carbocycles. The number of hydrogen-bond donors (Lipinski definition) is 2. The minimum atomic E-state index is -1.15. The van der Waals surface area contributed by atoms with Crippen molar-refractivity contribution in [1.82, 2.24) is 5.32 Å². The molecule has 0 aromatic heterocycles. The third-order valence-corrected chi connectivity index (χ3v) is 1.34. The Hall–Kier alpha value is -1.36. The lowest BCUT2D eigenvalue weighted by Gasteiger charge is -2.24. The first-order valence-corrected chi connectivity index (χ1v) is 4.09. The lowest BCUT2D eigenvalue weighted by Crippen LogP contribution is -2.46. The summed E-state index contributed by atoms with van der Waals surface area (Å²) in [7, 11) is 1.53. The average molecular weight is 201 g/mol. The second-order valence-corrected chi connectivity index (χ2v) is 3.48. The maximum absolute atomic E-state index is 11.1. The Kier molecular flexibility index (Phi) is 4.86. The molecule has 0 aromatic rings. The van der Waals surface area contributed by atoms with Crippen molar-refractivity contribution in [3.05, 3.63) is 12.2 Å². The van der Waals surface area contributed by atoms with Gasteiger partial charge in [0.05, 0.1) is 12.1 Å². The second kappa shape index (κ2) is 5.39. The predicted molar refractivity (Wildman–Crippen MR) is 50.9 cm³/mol. The fourth-order valence-corrected chi connectivity index (χ4v) is 0.919. The highest BCUT2D eigenvalue weighted by atomic mass is 16.5. The quantitative estimate of drug-likeness (QED) is 0.622. The summed E-state index contributed by atoms with van der Waals surface area (Å²) in [6.45, 7) is 3.92. The van der Waals surface area contributed by atoms with E-state index in [1.807, 2.05) is 0 Å². The van der Waals surface area contributed by atoms with E-state index < -0.39 is 17.4 Å². The number of amides is 1. The second-order valence-electron chi connectivity index (χ2n) is 3.48. The maximum atomic E-state index is 11.1. The first-order chi connectivity index (χ1) is 6.37. The molecule has 1 amide bonds. The van der Waals surface area contributed by atoms with Gasteiger partial charge in [0.1, 0.15) is 0 Å². The van der Waals surface area contributed by atoms with Crippen molar-refractivity contribution in [2.75, 3.05) is 13.7 Å². The van der Waals surface area contributed by atoms with Crippen LogP contribution in [0.4, 0.5) is 0 Å². The zero-order valence-electron chi connectivity index (χ0n) is 8.53. The van der Waals surface area contributed by atoms with Gasteiger partial charge in [-0.1, -0.05) is 0 Å². The Morgan fingerprint density at radius 2 is 2.00 bits per heavy atom. The van der Waals surface area contributed by atoms with E-state index in [-0.39, 0.29) is 0 Å². The molecule has 14 heavy (non-hydrogen) atoms. The molecule has 0 unspecified atom stereocenters. The molecule has 0 spiro atoms. The van der Waals surface area contributed by atoms with E-state index in [2.05, 4.69) is 5.32 Å². The van der Waals surface area contributed by atoms with Gasteiger partial charge in [0.2, 0.25) is 5.91 Å². The maximum Gasteiger partial charge on any atom is 0.328 e. The summed E-state index contributed by atoms with van der Waals surface area (Å²) in [6, 6.07) is 0. The molecule has 2 N–H and O–H groups in total. The molecule has 5 nitrogen and oxygen atoms in total. The molecule has 0 aliphatic rings.